The van der Waals surface area contributed by atoms with Crippen LogP contribution in [0.25, 0.3) is 10.9 Å². The fraction of sp³-hybridized carbons (Fsp3) is 0.286. The second-order valence-corrected chi connectivity index (χ2v) is 4.55. The van der Waals surface area contributed by atoms with Gasteiger partial charge in [-0.2, -0.15) is 0 Å². The summed E-state index contributed by atoms with van der Waals surface area (Å²) in [5.74, 6) is 5.25. The third-order valence-corrected chi connectivity index (χ3v) is 2.90. The number of anilines is 1. The van der Waals surface area contributed by atoms with E-state index in [9.17, 15) is 4.79 Å². The summed E-state index contributed by atoms with van der Waals surface area (Å²) < 4.78 is 4.99. The van der Waals surface area contributed by atoms with E-state index in [1.807, 2.05) is 31.2 Å². The number of nitrogen functional groups attached to an aromatic ring is 1. The van der Waals surface area contributed by atoms with Gasteiger partial charge < -0.3 is 15.5 Å². The number of nitrogens with zero attached hydrogens (tertiary/aromatic N) is 1. The van der Waals surface area contributed by atoms with Gasteiger partial charge in [-0.05, 0) is 19.1 Å². The highest BCUT2D eigenvalue weighted by Gasteiger charge is 2.13. The topological polar surface area (TPSA) is 89.3 Å². The number of nitrogens with one attached hydrogen (secondary N) is 2. The van der Waals surface area contributed by atoms with E-state index in [-0.39, 0.29) is 11.9 Å². The number of pyridine rings is 1. The predicted molar refractivity (Wildman–Crippen MR) is 78.4 cm³/mol. The smallest absolute Gasteiger partial charge is 0.270 e. The number of hydrogen-bond acceptors (Lipinski definition) is 5. The SMILES string of the molecule is COCC(C)NC(=O)c1cc(NN)c2ccccc2n1. The van der Waals surface area contributed by atoms with Gasteiger partial charge in [0, 0.05) is 18.5 Å². The highest BCUT2D eigenvalue weighted by molar-refractivity contribution is 5.99. The predicted octanol–water partition coefficient (Wildman–Crippen LogP) is 1.29. The minimum atomic E-state index is -0.253. The molecule has 106 valence electrons. The first-order valence-corrected chi connectivity index (χ1v) is 6.32. The van der Waals surface area contributed by atoms with Crippen LogP contribution in [0.3, 0.4) is 0 Å². The quantitative estimate of drug-likeness (QED) is 0.564. The number of carbonyl (C=O) groups excluding carboxylic acids is 1. The van der Waals surface area contributed by atoms with Crippen LogP contribution < -0.4 is 16.6 Å². The number of carbonyl (C=O) groups is 1. The lowest BCUT2D eigenvalue weighted by atomic mass is 10.1. The minimum absolute atomic E-state index is 0.0879. The monoisotopic (exact) mass is 274 g/mol. The normalized spacial score (nSPS) is 12.2. The van der Waals surface area contributed by atoms with Crippen molar-refractivity contribution in [3.63, 3.8) is 0 Å². The highest BCUT2D eigenvalue weighted by Crippen LogP contribution is 2.22. The van der Waals surface area contributed by atoms with Crippen LogP contribution in [0.5, 0.6) is 0 Å². The lowest BCUT2D eigenvalue weighted by molar-refractivity contribution is 0.0901. The van der Waals surface area contributed by atoms with Crippen molar-refractivity contribution < 1.29 is 9.53 Å². The fourth-order valence-corrected chi connectivity index (χ4v) is 2.00. The molecule has 0 saturated carbocycles. The van der Waals surface area contributed by atoms with E-state index in [0.717, 1.165) is 5.39 Å². The minimum Gasteiger partial charge on any atom is -0.383 e. The van der Waals surface area contributed by atoms with Crippen molar-refractivity contribution in [2.75, 3.05) is 19.1 Å². The lowest BCUT2D eigenvalue weighted by Crippen LogP contribution is -2.36. The zero-order valence-electron chi connectivity index (χ0n) is 11.5. The summed E-state index contributed by atoms with van der Waals surface area (Å²) in [4.78, 5) is 16.5. The summed E-state index contributed by atoms with van der Waals surface area (Å²) in [5, 5.41) is 3.69. The molecule has 0 fully saturated rings. The molecule has 1 unspecified atom stereocenters. The van der Waals surface area contributed by atoms with E-state index in [2.05, 4.69) is 15.7 Å². The molecule has 1 atom stereocenters. The third-order valence-electron chi connectivity index (χ3n) is 2.90. The third kappa shape index (κ3) is 3.04. The molecule has 2 aromatic rings. The van der Waals surface area contributed by atoms with Crippen LogP contribution >= 0.6 is 0 Å². The zero-order valence-corrected chi connectivity index (χ0v) is 11.5. The summed E-state index contributed by atoms with van der Waals surface area (Å²) >= 11 is 0. The van der Waals surface area contributed by atoms with E-state index < -0.39 is 0 Å². The van der Waals surface area contributed by atoms with Gasteiger partial charge in [-0.1, -0.05) is 18.2 Å². The number of aromatic nitrogens is 1. The maximum absolute atomic E-state index is 12.1. The van der Waals surface area contributed by atoms with Gasteiger partial charge in [-0.15, -0.1) is 0 Å². The Labute approximate surface area is 117 Å². The second kappa shape index (κ2) is 6.31. The molecule has 0 spiro atoms. The molecule has 2 rings (SSSR count). The number of amides is 1. The number of hydrogen-bond donors (Lipinski definition) is 3. The first-order chi connectivity index (χ1) is 9.65. The molecule has 1 aromatic carbocycles. The van der Waals surface area contributed by atoms with Crippen molar-refractivity contribution in [1.29, 1.82) is 0 Å². The number of ether oxygens (including phenoxy) is 1. The fourth-order valence-electron chi connectivity index (χ4n) is 2.00. The number of rotatable bonds is 5. The molecule has 1 amide bonds. The summed E-state index contributed by atoms with van der Waals surface area (Å²) in [6.45, 7) is 2.31. The van der Waals surface area contributed by atoms with Crippen molar-refractivity contribution in [2.45, 2.75) is 13.0 Å². The Kier molecular flexibility index (Phi) is 4.49. The average molecular weight is 274 g/mol. The standard InChI is InChI=1S/C14H18N4O2/c1-9(8-20-2)16-14(19)13-7-12(18-15)10-5-3-4-6-11(10)17-13/h3-7,9H,8,15H2,1-2H3,(H,16,19)(H,17,18). The molecule has 1 heterocycles. The van der Waals surface area contributed by atoms with Crippen LogP contribution in [0.4, 0.5) is 5.69 Å². The number of nitrogens with two attached hydrogens (primary N) is 1. The van der Waals surface area contributed by atoms with Crippen molar-refractivity contribution in [2.24, 2.45) is 5.84 Å². The molecular weight excluding hydrogens is 256 g/mol. The van der Waals surface area contributed by atoms with Crippen molar-refractivity contribution >= 4 is 22.5 Å². The largest absolute Gasteiger partial charge is 0.383 e. The Hall–Kier alpha value is -2.18. The van der Waals surface area contributed by atoms with E-state index in [4.69, 9.17) is 10.6 Å². The van der Waals surface area contributed by atoms with Crippen LogP contribution in [-0.4, -0.2) is 30.6 Å². The molecule has 6 heteroatoms. The van der Waals surface area contributed by atoms with Crippen LogP contribution in [0.15, 0.2) is 30.3 Å². The molecular formula is C14H18N4O2. The Balaban J connectivity index is 2.32. The number of benzene rings is 1. The maximum Gasteiger partial charge on any atom is 0.270 e. The Morgan fingerprint density at radius 3 is 2.90 bits per heavy atom. The van der Waals surface area contributed by atoms with Gasteiger partial charge in [0.15, 0.2) is 0 Å². The van der Waals surface area contributed by atoms with Gasteiger partial charge in [0.25, 0.3) is 5.91 Å². The average Bonchev–Trinajstić information content (AvgIpc) is 2.46. The Morgan fingerprint density at radius 2 is 2.20 bits per heavy atom. The van der Waals surface area contributed by atoms with Crippen LogP contribution in [-0.2, 0) is 4.74 Å². The van der Waals surface area contributed by atoms with Gasteiger partial charge in [0.1, 0.15) is 5.69 Å². The summed E-state index contributed by atoms with van der Waals surface area (Å²) in [6.07, 6.45) is 0. The molecule has 20 heavy (non-hydrogen) atoms. The van der Waals surface area contributed by atoms with E-state index in [0.29, 0.717) is 23.5 Å². The number of fused-ring (bicyclic) bond motifs is 1. The van der Waals surface area contributed by atoms with Crippen molar-refractivity contribution in [1.82, 2.24) is 10.3 Å². The van der Waals surface area contributed by atoms with Gasteiger partial charge in [-0.3, -0.25) is 10.6 Å². The Morgan fingerprint density at radius 1 is 1.45 bits per heavy atom. The van der Waals surface area contributed by atoms with Crippen LogP contribution in [0.2, 0.25) is 0 Å². The molecule has 0 saturated heterocycles. The van der Waals surface area contributed by atoms with Gasteiger partial charge >= 0.3 is 0 Å². The van der Waals surface area contributed by atoms with E-state index in [1.165, 1.54) is 0 Å². The molecule has 0 aliphatic carbocycles. The number of methoxy groups -OCH3 is 1. The van der Waals surface area contributed by atoms with Crippen LogP contribution in [0.1, 0.15) is 17.4 Å². The molecule has 0 radical (unpaired) electrons. The van der Waals surface area contributed by atoms with Gasteiger partial charge in [0.2, 0.25) is 0 Å². The van der Waals surface area contributed by atoms with E-state index >= 15 is 0 Å². The summed E-state index contributed by atoms with van der Waals surface area (Å²) in [7, 11) is 1.59. The van der Waals surface area contributed by atoms with Crippen molar-refractivity contribution in [3.05, 3.63) is 36.0 Å². The molecule has 0 bridgehead atoms. The Bertz CT molecular complexity index is 615. The first-order valence-electron chi connectivity index (χ1n) is 6.32. The number of hydrazine groups is 1. The maximum atomic E-state index is 12.1. The second-order valence-electron chi connectivity index (χ2n) is 4.55. The molecule has 6 nitrogen and oxygen atoms in total. The lowest BCUT2D eigenvalue weighted by Gasteiger charge is -2.13. The molecule has 1 aromatic heterocycles. The zero-order chi connectivity index (χ0) is 14.5. The number of para-hydroxylation sites is 1. The van der Waals surface area contributed by atoms with Crippen LogP contribution in [0, 0.1) is 0 Å². The first kappa shape index (κ1) is 14.2. The van der Waals surface area contributed by atoms with Gasteiger partial charge in [0.05, 0.1) is 17.8 Å². The summed E-state index contributed by atoms with van der Waals surface area (Å²) in [5.41, 5.74) is 4.30. The van der Waals surface area contributed by atoms with E-state index in [1.54, 1.807) is 13.2 Å². The molecule has 4 N–H and O–H groups in total. The highest BCUT2D eigenvalue weighted by atomic mass is 16.5. The molecule has 0 aliphatic rings. The van der Waals surface area contributed by atoms with Crippen molar-refractivity contribution in [3.8, 4) is 0 Å². The molecule has 0 aliphatic heterocycles. The summed E-state index contributed by atoms with van der Waals surface area (Å²) in [6, 6.07) is 9.04. The van der Waals surface area contributed by atoms with Gasteiger partial charge in [-0.25, -0.2) is 4.98 Å².